The summed E-state index contributed by atoms with van der Waals surface area (Å²) in [5.41, 5.74) is 6.64. The van der Waals surface area contributed by atoms with Crippen molar-refractivity contribution in [2.45, 2.75) is 19.0 Å². The first kappa shape index (κ1) is 13.5. The van der Waals surface area contributed by atoms with E-state index in [-0.39, 0.29) is 0 Å². The molecular formula is C13H15N5S. The van der Waals surface area contributed by atoms with Gasteiger partial charge in [0.05, 0.1) is 17.6 Å². The number of aryl methyl sites for hydroxylation is 1. The van der Waals surface area contributed by atoms with Crippen LogP contribution in [0.15, 0.2) is 40.7 Å². The van der Waals surface area contributed by atoms with Crippen LogP contribution in [0.25, 0.3) is 0 Å². The van der Waals surface area contributed by atoms with Gasteiger partial charge < -0.3 is 0 Å². The monoisotopic (exact) mass is 273 g/mol. The van der Waals surface area contributed by atoms with Crippen LogP contribution in [0.2, 0.25) is 0 Å². The zero-order chi connectivity index (χ0) is 13.7. The van der Waals surface area contributed by atoms with Crippen molar-refractivity contribution in [2.24, 2.45) is 5.10 Å². The topological polar surface area (TPSA) is 63.1 Å². The number of hydrazone groups is 1. The molecule has 1 aromatic carbocycles. The number of nitrogens with one attached hydrogen (secondary N) is 1. The van der Waals surface area contributed by atoms with Crippen molar-refractivity contribution in [2.75, 3.05) is 11.7 Å². The van der Waals surface area contributed by atoms with Crippen LogP contribution in [0.5, 0.6) is 0 Å². The van der Waals surface area contributed by atoms with Crippen molar-refractivity contribution in [1.82, 2.24) is 15.2 Å². The molecule has 98 valence electrons. The molecule has 2 aromatic rings. The third kappa shape index (κ3) is 3.75. The minimum atomic E-state index is 0.641. The smallest absolute Gasteiger partial charge is 0.209 e. The molecule has 0 saturated carbocycles. The van der Waals surface area contributed by atoms with Gasteiger partial charge in [0.25, 0.3) is 0 Å². The molecule has 0 fully saturated rings. The molecule has 0 spiro atoms. The molecule has 1 heterocycles. The van der Waals surface area contributed by atoms with Crippen LogP contribution in [-0.4, -0.2) is 27.1 Å². The molecular weight excluding hydrogens is 258 g/mol. The third-order valence-electron chi connectivity index (χ3n) is 2.46. The molecule has 0 amide bonds. The Bertz CT molecular complexity index is 597. The molecule has 0 aliphatic carbocycles. The fraction of sp³-hybridized carbons (Fsp3) is 0.231. The highest BCUT2D eigenvalue weighted by molar-refractivity contribution is 7.98. The van der Waals surface area contributed by atoms with Gasteiger partial charge in [-0.3, -0.25) is 5.43 Å². The van der Waals surface area contributed by atoms with Gasteiger partial charge in [-0.05, 0) is 37.8 Å². The fourth-order valence-corrected chi connectivity index (χ4v) is 1.79. The van der Waals surface area contributed by atoms with E-state index < -0.39 is 0 Å². The maximum absolute atomic E-state index is 4.34. The number of nitrogens with zero attached hydrogens (tertiary/aromatic N) is 4. The third-order valence-corrected chi connectivity index (χ3v) is 3.00. The summed E-state index contributed by atoms with van der Waals surface area (Å²) in [6.45, 7) is 3.93. The molecule has 19 heavy (non-hydrogen) atoms. The number of anilines is 1. The van der Waals surface area contributed by atoms with Gasteiger partial charge in [0, 0.05) is 0 Å². The molecule has 0 aliphatic rings. The summed E-state index contributed by atoms with van der Waals surface area (Å²) in [5, 5.41) is 12.7. The number of hydrogen-bond donors (Lipinski definition) is 1. The summed E-state index contributed by atoms with van der Waals surface area (Å²) < 4.78 is 0. The lowest BCUT2D eigenvalue weighted by atomic mass is 10.2. The van der Waals surface area contributed by atoms with E-state index in [0.717, 1.165) is 17.1 Å². The summed E-state index contributed by atoms with van der Waals surface area (Å²) in [6.07, 6.45) is 3.52. The Balaban J connectivity index is 2.14. The normalized spacial score (nSPS) is 11.4. The Kier molecular flexibility index (Phi) is 4.46. The predicted molar refractivity (Wildman–Crippen MR) is 78.6 cm³/mol. The molecule has 0 bridgehead atoms. The molecule has 0 radical (unpaired) electrons. The van der Waals surface area contributed by atoms with Crippen LogP contribution in [0.4, 0.5) is 5.69 Å². The summed E-state index contributed by atoms with van der Waals surface area (Å²) in [6, 6.07) is 8.03. The minimum absolute atomic E-state index is 0.641. The van der Waals surface area contributed by atoms with E-state index in [1.807, 2.05) is 44.4 Å². The highest BCUT2D eigenvalue weighted by Gasteiger charge is 2.02. The van der Waals surface area contributed by atoms with Gasteiger partial charge in [0.2, 0.25) is 5.16 Å². The van der Waals surface area contributed by atoms with Crippen LogP contribution in [0, 0.1) is 6.92 Å². The van der Waals surface area contributed by atoms with Gasteiger partial charge in [-0.2, -0.15) is 10.2 Å². The van der Waals surface area contributed by atoms with E-state index >= 15 is 0 Å². The Hall–Kier alpha value is -1.95. The van der Waals surface area contributed by atoms with Crippen LogP contribution in [-0.2, 0) is 0 Å². The van der Waals surface area contributed by atoms with E-state index in [1.54, 1.807) is 6.20 Å². The van der Waals surface area contributed by atoms with Crippen LogP contribution >= 0.6 is 11.8 Å². The highest BCUT2D eigenvalue weighted by Crippen LogP contribution is 2.10. The van der Waals surface area contributed by atoms with E-state index in [2.05, 4.69) is 25.7 Å². The van der Waals surface area contributed by atoms with Gasteiger partial charge >= 0.3 is 0 Å². The number of aromatic nitrogens is 3. The Morgan fingerprint density at radius 2 is 2.21 bits per heavy atom. The second kappa shape index (κ2) is 6.29. The Morgan fingerprint density at radius 1 is 1.37 bits per heavy atom. The molecule has 5 nitrogen and oxygen atoms in total. The van der Waals surface area contributed by atoms with E-state index in [1.165, 1.54) is 17.3 Å². The lowest BCUT2D eigenvalue weighted by Crippen LogP contribution is -2.05. The van der Waals surface area contributed by atoms with Crippen LogP contribution < -0.4 is 5.43 Å². The number of hydrogen-bond acceptors (Lipinski definition) is 6. The van der Waals surface area contributed by atoms with Gasteiger partial charge in [0.15, 0.2) is 0 Å². The van der Waals surface area contributed by atoms with E-state index in [4.69, 9.17) is 0 Å². The summed E-state index contributed by atoms with van der Waals surface area (Å²) in [7, 11) is 0. The fourth-order valence-electron chi connectivity index (χ4n) is 1.47. The predicted octanol–water partition coefficient (Wildman–Crippen LogP) is 2.74. The zero-order valence-corrected chi connectivity index (χ0v) is 11.9. The second-order valence-electron chi connectivity index (χ2n) is 4.01. The molecule has 0 unspecified atom stereocenters. The molecule has 0 atom stereocenters. The molecule has 0 saturated heterocycles. The minimum Gasteiger partial charge on any atom is -0.278 e. The molecule has 2 rings (SSSR count). The Labute approximate surface area is 116 Å². The summed E-state index contributed by atoms with van der Waals surface area (Å²) in [5.74, 6) is 0. The summed E-state index contributed by atoms with van der Waals surface area (Å²) >= 11 is 1.46. The maximum atomic E-state index is 4.34. The first-order chi connectivity index (χ1) is 9.19. The first-order valence-electron chi connectivity index (χ1n) is 5.80. The van der Waals surface area contributed by atoms with Crippen molar-refractivity contribution in [3.63, 3.8) is 0 Å². The van der Waals surface area contributed by atoms with Gasteiger partial charge in [-0.1, -0.05) is 23.9 Å². The van der Waals surface area contributed by atoms with E-state index in [9.17, 15) is 0 Å². The lowest BCUT2D eigenvalue weighted by molar-refractivity contribution is 0.833. The average Bonchev–Trinajstić information content (AvgIpc) is 2.45. The molecule has 1 aromatic heterocycles. The van der Waals surface area contributed by atoms with Crippen molar-refractivity contribution < 1.29 is 0 Å². The van der Waals surface area contributed by atoms with Crippen molar-refractivity contribution >= 4 is 23.2 Å². The van der Waals surface area contributed by atoms with Gasteiger partial charge in [-0.15, -0.1) is 5.10 Å². The lowest BCUT2D eigenvalue weighted by Gasteiger charge is -2.04. The number of rotatable bonds is 4. The van der Waals surface area contributed by atoms with Gasteiger partial charge in [-0.25, -0.2) is 4.98 Å². The first-order valence-corrected chi connectivity index (χ1v) is 7.02. The average molecular weight is 273 g/mol. The number of thioether (sulfide) groups is 1. The largest absolute Gasteiger partial charge is 0.278 e. The van der Waals surface area contributed by atoms with Crippen molar-refractivity contribution in [3.8, 4) is 0 Å². The Morgan fingerprint density at radius 3 is 2.95 bits per heavy atom. The summed E-state index contributed by atoms with van der Waals surface area (Å²) in [4.78, 5) is 4.34. The second-order valence-corrected chi connectivity index (χ2v) is 4.78. The number of benzene rings is 1. The molecule has 6 heteroatoms. The standard InChI is InChI=1S/C13H15N5S/c1-9-5-4-6-11(7-9)17-16-10(2)12-8-14-18-13(15-12)19-3/h4-8,17H,1-3H3/b16-10-. The SMILES string of the molecule is CSc1nncc(/C(C)=N\Nc2cccc(C)c2)n1. The quantitative estimate of drug-likeness (QED) is 0.527. The maximum Gasteiger partial charge on any atom is 0.209 e. The van der Waals surface area contributed by atoms with Crippen LogP contribution in [0.1, 0.15) is 18.2 Å². The molecule has 0 aliphatic heterocycles. The highest BCUT2D eigenvalue weighted by atomic mass is 32.2. The van der Waals surface area contributed by atoms with Crippen molar-refractivity contribution in [3.05, 3.63) is 41.7 Å². The van der Waals surface area contributed by atoms with Crippen molar-refractivity contribution in [1.29, 1.82) is 0 Å². The van der Waals surface area contributed by atoms with Gasteiger partial charge in [0.1, 0.15) is 5.69 Å². The zero-order valence-electron chi connectivity index (χ0n) is 11.1. The van der Waals surface area contributed by atoms with E-state index in [0.29, 0.717) is 5.16 Å². The molecule has 1 N–H and O–H groups in total. The van der Waals surface area contributed by atoms with Crippen LogP contribution in [0.3, 0.4) is 0 Å².